The SMILES string of the molecule is O=C(N[C@@H]1CCCN(c2ncccn2)C1)N(Cc1cocn1)Cc1cocn1. The Labute approximate surface area is 161 Å². The summed E-state index contributed by atoms with van der Waals surface area (Å²) in [6, 6.07) is 1.60. The third-order valence-electron chi connectivity index (χ3n) is 4.54. The third-order valence-corrected chi connectivity index (χ3v) is 4.54. The largest absolute Gasteiger partial charge is 0.451 e. The number of nitrogens with one attached hydrogen (secondary N) is 1. The van der Waals surface area contributed by atoms with Gasteiger partial charge in [0.05, 0.1) is 24.5 Å². The average Bonchev–Trinajstić information content (AvgIpc) is 3.43. The van der Waals surface area contributed by atoms with Crippen LogP contribution in [0.1, 0.15) is 24.2 Å². The number of hydrogen-bond acceptors (Lipinski definition) is 8. The number of nitrogens with zero attached hydrogens (tertiary/aromatic N) is 6. The van der Waals surface area contributed by atoms with Gasteiger partial charge in [0.1, 0.15) is 12.5 Å². The van der Waals surface area contributed by atoms with Gasteiger partial charge >= 0.3 is 6.03 Å². The highest BCUT2D eigenvalue weighted by Gasteiger charge is 2.25. The molecule has 1 atom stereocenters. The van der Waals surface area contributed by atoms with Gasteiger partial charge in [-0.2, -0.15) is 0 Å². The van der Waals surface area contributed by atoms with E-state index in [1.54, 1.807) is 23.4 Å². The molecular formula is C18H21N7O3. The Bertz CT molecular complexity index is 818. The molecule has 146 valence electrons. The highest BCUT2D eigenvalue weighted by atomic mass is 16.3. The Balaban J connectivity index is 1.41. The zero-order chi connectivity index (χ0) is 19.2. The molecule has 1 aliphatic heterocycles. The maximum absolute atomic E-state index is 13.0. The molecule has 4 rings (SSSR count). The second-order valence-electron chi connectivity index (χ2n) is 6.60. The summed E-state index contributed by atoms with van der Waals surface area (Å²) in [5.74, 6) is 0.684. The van der Waals surface area contributed by atoms with Crippen LogP contribution >= 0.6 is 0 Å². The third kappa shape index (κ3) is 4.45. The molecule has 10 heteroatoms. The van der Waals surface area contributed by atoms with Crippen LogP contribution in [0.25, 0.3) is 0 Å². The molecule has 3 aromatic heterocycles. The zero-order valence-electron chi connectivity index (χ0n) is 15.3. The Morgan fingerprint density at radius 3 is 2.39 bits per heavy atom. The minimum absolute atomic E-state index is 0.00201. The maximum atomic E-state index is 13.0. The van der Waals surface area contributed by atoms with E-state index >= 15 is 0 Å². The Hall–Kier alpha value is -3.43. The van der Waals surface area contributed by atoms with Crippen LogP contribution in [0.4, 0.5) is 10.7 Å². The van der Waals surface area contributed by atoms with E-state index in [1.807, 2.05) is 0 Å². The lowest BCUT2D eigenvalue weighted by Gasteiger charge is -2.34. The normalized spacial score (nSPS) is 16.7. The van der Waals surface area contributed by atoms with E-state index in [4.69, 9.17) is 8.83 Å². The van der Waals surface area contributed by atoms with Gasteiger partial charge in [-0.1, -0.05) is 0 Å². The standard InChI is InChI=1S/C18H21N7O3/c26-18(23-14-3-1-6-24(7-14)17-19-4-2-5-20-17)25(8-15-10-27-12-21-15)9-16-11-28-13-22-16/h2,4-5,10-14H,1,3,6-9H2,(H,23,26)/t14-/m1/s1. The molecule has 10 nitrogen and oxygen atoms in total. The van der Waals surface area contributed by atoms with E-state index in [1.165, 1.54) is 25.3 Å². The fourth-order valence-corrected chi connectivity index (χ4v) is 3.22. The zero-order valence-corrected chi connectivity index (χ0v) is 15.3. The molecule has 1 N–H and O–H groups in total. The van der Waals surface area contributed by atoms with Gasteiger partial charge < -0.3 is 24.0 Å². The summed E-state index contributed by atoms with van der Waals surface area (Å²) >= 11 is 0. The molecule has 1 fully saturated rings. The summed E-state index contributed by atoms with van der Waals surface area (Å²) in [5.41, 5.74) is 1.34. The topological polar surface area (TPSA) is 113 Å². The molecule has 28 heavy (non-hydrogen) atoms. The highest BCUT2D eigenvalue weighted by molar-refractivity contribution is 5.74. The van der Waals surface area contributed by atoms with Crippen LogP contribution in [-0.4, -0.2) is 50.0 Å². The van der Waals surface area contributed by atoms with Crippen molar-refractivity contribution < 1.29 is 13.6 Å². The number of urea groups is 1. The van der Waals surface area contributed by atoms with Gasteiger partial charge in [-0.3, -0.25) is 0 Å². The van der Waals surface area contributed by atoms with E-state index in [2.05, 4.69) is 30.2 Å². The summed E-state index contributed by atoms with van der Waals surface area (Å²) in [6.45, 7) is 2.16. The van der Waals surface area contributed by atoms with Crippen LogP contribution in [0.5, 0.6) is 0 Å². The molecule has 1 saturated heterocycles. The van der Waals surface area contributed by atoms with Crippen LogP contribution in [0.2, 0.25) is 0 Å². The van der Waals surface area contributed by atoms with Crippen LogP contribution in [0.3, 0.4) is 0 Å². The number of aromatic nitrogens is 4. The van der Waals surface area contributed by atoms with Crippen molar-refractivity contribution in [3.05, 3.63) is 55.2 Å². The van der Waals surface area contributed by atoms with Crippen molar-refractivity contribution in [1.82, 2.24) is 30.2 Å². The van der Waals surface area contributed by atoms with Gasteiger partial charge in [-0.15, -0.1) is 0 Å². The predicted octanol–water partition coefficient (Wildman–Crippen LogP) is 1.83. The number of anilines is 1. The Morgan fingerprint density at radius 2 is 1.79 bits per heavy atom. The van der Waals surface area contributed by atoms with Crippen molar-refractivity contribution in [2.75, 3.05) is 18.0 Å². The van der Waals surface area contributed by atoms with Crippen molar-refractivity contribution in [2.24, 2.45) is 0 Å². The lowest BCUT2D eigenvalue weighted by molar-refractivity contribution is 0.185. The fourth-order valence-electron chi connectivity index (χ4n) is 3.22. The smallest absolute Gasteiger partial charge is 0.318 e. The van der Waals surface area contributed by atoms with E-state index < -0.39 is 0 Å². The monoisotopic (exact) mass is 383 g/mol. The summed E-state index contributed by atoms with van der Waals surface area (Å²) < 4.78 is 10.0. The first-order valence-corrected chi connectivity index (χ1v) is 9.09. The molecule has 1 aliphatic rings. The lowest BCUT2D eigenvalue weighted by atomic mass is 10.1. The van der Waals surface area contributed by atoms with Crippen molar-refractivity contribution >= 4 is 12.0 Å². The maximum Gasteiger partial charge on any atom is 0.318 e. The number of amides is 2. The van der Waals surface area contributed by atoms with Crippen molar-refractivity contribution in [3.8, 4) is 0 Å². The summed E-state index contributed by atoms with van der Waals surface area (Å²) in [7, 11) is 0. The fraction of sp³-hybridized carbons (Fsp3) is 0.389. The predicted molar refractivity (Wildman–Crippen MR) is 98.1 cm³/mol. The minimum atomic E-state index is -0.188. The van der Waals surface area contributed by atoms with Crippen LogP contribution in [0.15, 0.2) is 52.6 Å². The molecule has 0 saturated carbocycles. The molecule has 0 bridgehead atoms. The lowest BCUT2D eigenvalue weighted by Crippen LogP contribution is -2.51. The number of rotatable bonds is 6. The molecular weight excluding hydrogens is 362 g/mol. The molecule has 4 heterocycles. The van der Waals surface area contributed by atoms with Crippen molar-refractivity contribution in [2.45, 2.75) is 32.0 Å². The van der Waals surface area contributed by atoms with Gasteiger partial charge in [0.2, 0.25) is 5.95 Å². The first-order chi connectivity index (χ1) is 13.8. The highest BCUT2D eigenvalue weighted by Crippen LogP contribution is 2.16. The van der Waals surface area contributed by atoms with Crippen molar-refractivity contribution in [1.29, 1.82) is 0 Å². The molecule has 2 amide bonds. The second kappa shape index (κ2) is 8.51. The summed E-state index contributed by atoms with van der Waals surface area (Å²) in [5, 5.41) is 3.12. The first-order valence-electron chi connectivity index (χ1n) is 9.09. The molecule has 0 aliphatic carbocycles. The van der Waals surface area contributed by atoms with Crippen LogP contribution in [0, 0.1) is 0 Å². The van der Waals surface area contributed by atoms with Crippen molar-refractivity contribution in [3.63, 3.8) is 0 Å². The van der Waals surface area contributed by atoms with Gasteiger partial charge in [0, 0.05) is 31.5 Å². The summed E-state index contributed by atoms with van der Waals surface area (Å²) in [6.07, 6.45) is 11.0. The average molecular weight is 383 g/mol. The molecule has 0 radical (unpaired) electrons. The van der Waals surface area contributed by atoms with E-state index in [0.717, 1.165) is 19.4 Å². The van der Waals surface area contributed by atoms with Crippen LogP contribution in [-0.2, 0) is 13.1 Å². The second-order valence-corrected chi connectivity index (χ2v) is 6.60. The number of piperidine rings is 1. The minimum Gasteiger partial charge on any atom is -0.451 e. The molecule has 0 spiro atoms. The molecule has 0 unspecified atom stereocenters. The number of carbonyl (C=O) groups excluding carboxylic acids is 1. The number of hydrogen-bond donors (Lipinski definition) is 1. The van der Waals surface area contributed by atoms with Gasteiger partial charge in [0.15, 0.2) is 12.8 Å². The van der Waals surface area contributed by atoms with Gasteiger partial charge in [-0.05, 0) is 18.9 Å². The summed E-state index contributed by atoms with van der Waals surface area (Å²) in [4.78, 5) is 33.5. The first kappa shape index (κ1) is 18.0. The number of carbonyl (C=O) groups is 1. The molecule has 0 aromatic carbocycles. The van der Waals surface area contributed by atoms with E-state index in [9.17, 15) is 4.79 Å². The van der Waals surface area contributed by atoms with Gasteiger partial charge in [0.25, 0.3) is 0 Å². The quantitative estimate of drug-likeness (QED) is 0.686. The van der Waals surface area contributed by atoms with E-state index in [-0.39, 0.29) is 12.1 Å². The van der Waals surface area contributed by atoms with E-state index in [0.29, 0.717) is 37.0 Å². The molecule has 3 aromatic rings. The Morgan fingerprint density at radius 1 is 1.11 bits per heavy atom. The van der Waals surface area contributed by atoms with Gasteiger partial charge in [-0.25, -0.2) is 24.7 Å². The Kier molecular flexibility index (Phi) is 5.46. The number of oxazole rings is 2. The van der Waals surface area contributed by atoms with Crippen LogP contribution < -0.4 is 10.2 Å².